The predicted molar refractivity (Wildman–Crippen MR) is 83.3 cm³/mol. The van der Waals surface area contributed by atoms with Gasteiger partial charge in [-0.05, 0) is 56.8 Å². The van der Waals surface area contributed by atoms with Gasteiger partial charge in [0.05, 0.1) is 0 Å². The number of anilines is 1. The Morgan fingerprint density at radius 3 is 2.81 bits per heavy atom. The van der Waals surface area contributed by atoms with Gasteiger partial charge in [-0.25, -0.2) is 13.4 Å². The minimum Gasteiger partial charge on any atom is -0.352 e. The normalized spacial score (nSPS) is 23.0. The summed E-state index contributed by atoms with van der Waals surface area (Å²) in [5.74, 6) is 1.22. The van der Waals surface area contributed by atoms with Crippen molar-refractivity contribution in [3.8, 4) is 0 Å². The standard InChI is InChI=1S/C15H23N3O2S/c1-21(19,20)14-5-3-9-17-15(14)18(13-6-7-13)11-12-4-2-8-16-10-12/h3,5,9,12-13,16H,2,4,6-8,10-11H2,1H3. The first-order valence-corrected chi connectivity index (χ1v) is 9.57. The number of nitrogens with one attached hydrogen (secondary N) is 1. The summed E-state index contributed by atoms with van der Waals surface area (Å²) in [7, 11) is -3.24. The second-order valence-corrected chi connectivity index (χ2v) is 8.18. The van der Waals surface area contributed by atoms with Gasteiger partial charge in [0.2, 0.25) is 0 Å². The Balaban J connectivity index is 1.87. The number of piperidine rings is 1. The van der Waals surface area contributed by atoms with Crippen molar-refractivity contribution in [3.05, 3.63) is 18.3 Å². The van der Waals surface area contributed by atoms with E-state index in [1.165, 1.54) is 19.1 Å². The molecule has 0 amide bonds. The average Bonchev–Trinajstić information content (AvgIpc) is 3.30. The zero-order chi connectivity index (χ0) is 14.9. The van der Waals surface area contributed by atoms with Gasteiger partial charge in [-0.2, -0.15) is 0 Å². The minimum atomic E-state index is -3.24. The fourth-order valence-electron chi connectivity index (χ4n) is 3.04. The molecule has 2 heterocycles. The molecule has 0 bridgehead atoms. The molecule has 1 aromatic rings. The lowest BCUT2D eigenvalue weighted by molar-refractivity contribution is 0.375. The zero-order valence-corrected chi connectivity index (χ0v) is 13.3. The Morgan fingerprint density at radius 1 is 1.38 bits per heavy atom. The zero-order valence-electron chi connectivity index (χ0n) is 12.5. The Bertz CT molecular complexity index is 593. The molecule has 3 rings (SSSR count). The van der Waals surface area contributed by atoms with E-state index in [2.05, 4.69) is 15.2 Å². The first-order valence-electron chi connectivity index (χ1n) is 7.68. The number of rotatable bonds is 5. The van der Waals surface area contributed by atoms with Gasteiger partial charge in [0, 0.05) is 25.0 Å². The molecule has 6 heteroatoms. The van der Waals surface area contributed by atoms with Crippen molar-refractivity contribution < 1.29 is 8.42 Å². The molecule has 1 unspecified atom stereocenters. The van der Waals surface area contributed by atoms with Crippen LogP contribution in [0.5, 0.6) is 0 Å². The molecular weight excluding hydrogens is 286 g/mol. The first-order chi connectivity index (χ1) is 10.1. The molecule has 1 atom stereocenters. The third kappa shape index (κ3) is 3.55. The summed E-state index contributed by atoms with van der Waals surface area (Å²) in [4.78, 5) is 6.99. The summed E-state index contributed by atoms with van der Waals surface area (Å²) in [6.07, 6.45) is 7.64. The lowest BCUT2D eigenvalue weighted by Gasteiger charge is -2.31. The van der Waals surface area contributed by atoms with Gasteiger partial charge in [0.25, 0.3) is 0 Å². The van der Waals surface area contributed by atoms with Crippen LogP contribution in [-0.4, -0.2) is 45.3 Å². The largest absolute Gasteiger partial charge is 0.352 e. The second kappa shape index (κ2) is 5.93. The van der Waals surface area contributed by atoms with Crippen LogP contribution in [0, 0.1) is 5.92 Å². The summed E-state index contributed by atoms with van der Waals surface area (Å²) < 4.78 is 24.0. The molecule has 0 aromatic carbocycles. The average molecular weight is 309 g/mol. The summed E-state index contributed by atoms with van der Waals surface area (Å²) >= 11 is 0. The van der Waals surface area contributed by atoms with Crippen LogP contribution in [0.3, 0.4) is 0 Å². The Labute approximate surface area is 126 Å². The molecular formula is C15H23N3O2S. The van der Waals surface area contributed by atoms with Crippen molar-refractivity contribution in [2.24, 2.45) is 5.92 Å². The summed E-state index contributed by atoms with van der Waals surface area (Å²) in [6.45, 7) is 3.01. The van der Waals surface area contributed by atoms with E-state index in [1.807, 2.05) is 0 Å². The van der Waals surface area contributed by atoms with Gasteiger partial charge in [0.15, 0.2) is 9.84 Å². The lowest BCUT2D eigenvalue weighted by atomic mass is 9.99. The minimum absolute atomic E-state index is 0.362. The van der Waals surface area contributed by atoms with Crippen LogP contribution in [0.25, 0.3) is 0 Å². The highest BCUT2D eigenvalue weighted by molar-refractivity contribution is 7.90. The molecule has 2 fully saturated rings. The Morgan fingerprint density at radius 2 is 2.19 bits per heavy atom. The molecule has 1 N–H and O–H groups in total. The van der Waals surface area contributed by atoms with Crippen LogP contribution >= 0.6 is 0 Å². The van der Waals surface area contributed by atoms with Crippen LogP contribution in [0.2, 0.25) is 0 Å². The van der Waals surface area contributed by atoms with Crippen LogP contribution in [0.4, 0.5) is 5.82 Å². The molecule has 116 valence electrons. The third-order valence-corrected chi connectivity index (χ3v) is 5.38. The molecule has 0 spiro atoms. The van der Waals surface area contributed by atoms with Gasteiger partial charge in [-0.3, -0.25) is 0 Å². The SMILES string of the molecule is CS(=O)(=O)c1cccnc1N(CC1CCCNC1)C1CC1. The maximum Gasteiger partial charge on any atom is 0.179 e. The van der Waals surface area contributed by atoms with Crippen LogP contribution < -0.4 is 10.2 Å². The van der Waals surface area contributed by atoms with Crippen molar-refractivity contribution in [1.82, 2.24) is 10.3 Å². The number of nitrogens with zero attached hydrogens (tertiary/aromatic N) is 2. The van der Waals surface area contributed by atoms with Crippen molar-refractivity contribution in [1.29, 1.82) is 0 Å². The predicted octanol–water partition coefficient (Wildman–Crippen LogP) is 1.45. The molecule has 1 aliphatic carbocycles. The number of sulfone groups is 1. The van der Waals surface area contributed by atoms with E-state index < -0.39 is 9.84 Å². The van der Waals surface area contributed by atoms with Gasteiger partial charge >= 0.3 is 0 Å². The van der Waals surface area contributed by atoms with Crippen LogP contribution in [0.1, 0.15) is 25.7 Å². The van der Waals surface area contributed by atoms with E-state index >= 15 is 0 Å². The van der Waals surface area contributed by atoms with Crippen molar-refractivity contribution >= 4 is 15.7 Å². The second-order valence-electron chi connectivity index (χ2n) is 6.19. The monoisotopic (exact) mass is 309 g/mol. The molecule has 5 nitrogen and oxygen atoms in total. The molecule has 1 saturated heterocycles. The van der Waals surface area contributed by atoms with Crippen molar-refractivity contribution in [2.45, 2.75) is 36.6 Å². The molecule has 21 heavy (non-hydrogen) atoms. The molecule has 2 aliphatic rings. The fourth-order valence-corrected chi connectivity index (χ4v) is 3.87. The van der Waals surface area contributed by atoms with E-state index in [0.29, 0.717) is 22.7 Å². The molecule has 1 saturated carbocycles. The maximum absolute atomic E-state index is 12.0. The highest BCUT2D eigenvalue weighted by Gasteiger charge is 2.34. The van der Waals surface area contributed by atoms with E-state index in [-0.39, 0.29) is 0 Å². The quantitative estimate of drug-likeness (QED) is 0.892. The van der Waals surface area contributed by atoms with Gasteiger partial charge < -0.3 is 10.2 Å². The molecule has 1 aromatic heterocycles. The lowest BCUT2D eigenvalue weighted by Crippen LogP contribution is -2.40. The van der Waals surface area contributed by atoms with E-state index in [0.717, 1.165) is 32.5 Å². The highest BCUT2D eigenvalue weighted by atomic mass is 32.2. The number of hydrogen-bond donors (Lipinski definition) is 1. The summed E-state index contributed by atoms with van der Waals surface area (Å²) in [6, 6.07) is 3.83. The Hall–Kier alpha value is -1.14. The van der Waals surface area contributed by atoms with Gasteiger partial charge in [-0.15, -0.1) is 0 Å². The first kappa shape index (κ1) is 14.8. The number of pyridine rings is 1. The smallest absolute Gasteiger partial charge is 0.179 e. The molecule has 0 radical (unpaired) electrons. The van der Waals surface area contributed by atoms with Crippen molar-refractivity contribution in [2.75, 3.05) is 30.8 Å². The topological polar surface area (TPSA) is 62.3 Å². The van der Waals surface area contributed by atoms with Crippen LogP contribution in [0.15, 0.2) is 23.2 Å². The molecule has 1 aliphatic heterocycles. The highest BCUT2D eigenvalue weighted by Crippen LogP contribution is 2.35. The van der Waals surface area contributed by atoms with E-state index in [9.17, 15) is 8.42 Å². The van der Waals surface area contributed by atoms with E-state index in [1.54, 1.807) is 18.3 Å². The fraction of sp³-hybridized carbons (Fsp3) is 0.667. The third-order valence-electron chi connectivity index (χ3n) is 4.26. The summed E-state index contributed by atoms with van der Waals surface area (Å²) in [5, 5.41) is 3.43. The Kier molecular flexibility index (Phi) is 4.17. The van der Waals surface area contributed by atoms with E-state index in [4.69, 9.17) is 0 Å². The van der Waals surface area contributed by atoms with Crippen molar-refractivity contribution in [3.63, 3.8) is 0 Å². The number of aromatic nitrogens is 1. The van der Waals surface area contributed by atoms with Gasteiger partial charge in [-0.1, -0.05) is 0 Å². The van der Waals surface area contributed by atoms with Crippen LogP contribution in [-0.2, 0) is 9.84 Å². The maximum atomic E-state index is 12.0. The number of hydrogen-bond acceptors (Lipinski definition) is 5. The summed E-state index contributed by atoms with van der Waals surface area (Å²) in [5.41, 5.74) is 0. The van der Waals surface area contributed by atoms with Gasteiger partial charge in [0.1, 0.15) is 10.7 Å².